The van der Waals surface area contributed by atoms with E-state index in [9.17, 15) is 9.18 Å². The summed E-state index contributed by atoms with van der Waals surface area (Å²) in [6, 6.07) is 24.4. The zero-order chi connectivity index (χ0) is 26.6. The molecule has 3 aromatic carbocycles. The van der Waals surface area contributed by atoms with Crippen LogP contribution >= 0.6 is 0 Å². The number of fused-ring (bicyclic) bond motifs is 1. The van der Waals surface area contributed by atoms with Crippen LogP contribution in [0.25, 0.3) is 22.2 Å². The number of benzene rings is 3. The summed E-state index contributed by atoms with van der Waals surface area (Å²) in [5, 5.41) is 0. The summed E-state index contributed by atoms with van der Waals surface area (Å²) in [7, 11) is 0. The highest BCUT2D eigenvalue weighted by molar-refractivity contribution is 5.84. The van der Waals surface area contributed by atoms with Gasteiger partial charge in [-0.25, -0.2) is 9.37 Å². The molecule has 1 saturated heterocycles. The van der Waals surface area contributed by atoms with Crippen molar-refractivity contribution in [3.05, 3.63) is 114 Å². The number of carbonyl (C=O) groups excluding carboxylic acids is 1. The van der Waals surface area contributed by atoms with Crippen LogP contribution in [0.3, 0.4) is 0 Å². The Balaban J connectivity index is 1.13. The highest BCUT2D eigenvalue weighted by atomic mass is 19.1. The van der Waals surface area contributed by atoms with E-state index in [1.807, 2.05) is 67.1 Å². The molecule has 0 atom stereocenters. The maximum Gasteiger partial charge on any atom is 0.147 e. The molecule has 0 spiro atoms. The Labute approximate surface area is 226 Å². The molecule has 194 valence electrons. The summed E-state index contributed by atoms with van der Waals surface area (Å²) in [6.07, 6.45) is 6.06. The number of rotatable bonds is 7. The average molecular weight is 518 g/mol. The van der Waals surface area contributed by atoms with Gasteiger partial charge in [-0.15, -0.1) is 0 Å². The van der Waals surface area contributed by atoms with E-state index in [1.165, 1.54) is 17.8 Å². The largest absolute Gasteiger partial charge is 0.368 e. The average Bonchev–Trinajstić information content (AvgIpc) is 2.97. The fourth-order valence-electron chi connectivity index (χ4n) is 5.06. The maximum absolute atomic E-state index is 13.4. The van der Waals surface area contributed by atoms with Crippen molar-refractivity contribution < 1.29 is 9.18 Å². The van der Waals surface area contributed by atoms with Gasteiger partial charge in [0, 0.05) is 57.1 Å². The summed E-state index contributed by atoms with van der Waals surface area (Å²) < 4.78 is 13.4. The van der Waals surface area contributed by atoms with Crippen molar-refractivity contribution in [3.63, 3.8) is 0 Å². The van der Waals surface area contributed by atoms with Gasteiger partial charge in [0.25, 0.3) is 0 Å². The third kappa shape index (κ3) is 5.77. The molecule has 0 bridgehead atoms. The third-order valence-corrected chi connectivity index (χ3v) is 7.14. The number of hydrogen-bond acceptors (Lipinski definition) is 6. The lowest BCUT2D eigenvalue weighted by Crippen LogP contribution is -2.46. The van der Waals surface area contributed by atoms with E-state index >= 15 is 0 Å². The summed E-state index contributed by atoms with van der Waals surface area (Å²) >= 11 is 0. The molecular weight excluding hydrogens is 489 g/mol. The minimum absolute atomic E-state index is 0.0588. The first-order valence-corrected chi connectivity index (χ1v) is 13.1. The van der Waals surface area contributed by atoms with Crippen molar-refractivity contribution in [2.24, 2.45) is 0 Å². The molecule has 5 aromatic rings. The number of nitrogens with zero attached hydrogens (tertiary/aromatic N) is 5. The minimum Gasteiger partial charge on any atom is -0.368 e. The number of pyridine rings is 1. The first kappa shape index (κ1) is 24.7. The van der Waals surface area contributed by atoms with Crippen LogP contribution in [0.2, 0.25) is 0 Å². The number of halogens is 1. The Bertz CT molecular complexity index is 1600. The SMILES string of the molecule is O=C(Cc1ccc(-c2ccc3ncc(N4CCN(c5ccncc5)CC4)nc3c2)cc1)Cc1cccc(F)c1. The van der Waals surface area contributed by atoms with E-state index in [4.69, 9.17) is 4.98 Å². The Morgan fingerprint density at radius 2 is 1.46 bits per heavy atom. The summed E-state index contributed by atoms with van der Waals surface area (Å²) in [4.78, 5) is 30.9. The number of carbonyl (C=O) groups is 1. The molecule has 2 aromatic heterocycles. The molecule has 1 aliphatic heterocycles. The van der Waals surface area contributed by atoms with Gasteiger partial charge in [0.15, 0.2) is 0 Å². The fraction of sp³-hybridized carbons (Fsp3) is 0.188. The second kappa shape index (κ2) is 11.0. The van der Waals surface area contributed by atoms with Crippen LogP contribution < -0.4 is 9.80 Å². The zero-order valence-electron chi connectivity index (χ0n) is 21.5. The van der Waals surface area contributed by atoms with E-state index in [2.05, 4.69) is 25.8 Å². The Kier molecular flexibility index (Phi) is 6.95. The number of hydrogen-bond donors (Lipinski definition) is 0. The van der Waals surface area contributed by atoms with Gasteiger partial charge >= 0.3 is 0 Å². The van der Waals surface area contributed by atoms with Gasteiger partial charge in [-0.05, 0) is 58.7 Å². The topological polar surface area (TPSA) is 62.2 Å². The molecule has 0 N–H and O–H groups in total. The Morgan fingerprint density at radius 1 is 0.744 bits per heavy atom. The standard InChI is InChI=1S/C32H28FN5O/c33-27-3-1-2-24(18-27)20-29(39)19-23-4-6-25(7-5-23)26-8-9-30-31(21-26)36-32(22-35-30)38-16-14-37(15-17-38)28-10-12-34-13-11-28/h1-13,18,21-22H,14-17,19-20H2. The first-order valence-electron chi connectivity index (χ1n) is 13.1. The molecule has 0 amide bonds. The van der Waals surface area contributed by atoms with E-state index in [1.54, 1.807) is 12.1 Å². The lowest BCUT2D eigenvalue weighted by Gasteiger charge is -2.36. The summed E-state index contributed by atoms with van der Waals surface area (Å²) in [5.41, 5.74) is 6.65. The summed E-state index contributed by atoms with van der Waals surface area (Å²) in [5.74, 6) is 0.630. The monoisotopic (exact) mass is 517 g/mol. The molecule has 6 nitrogen and oxygen atoms in total. The molecule has 0 aliphatic carbocycles. The number of Topliss-reactive ketones (excluding diaryl/α,β-unsaturated/α-hetero) is 1. The molecule has 1 aliphatic rings. The molecule has 3 heterocycles. The molecule has 0 radical (unpaired) electrons. The second-order valence-electron chi connectivity index (χ2n) is 9.83. The van der Waals surface area contributed by atoms with E-state index in [0.717, 1.165) is 59.7 Å². The van der Waals surface area contributed by atoms with E-state index in [0.29, 0.717) is 12.0 Å². The predicted octanol–water partition coefficient (Wildman–Crippen LogP) is 5.51. The number of piperazine rings is 1. The molecule has 0 saturated carbocycles. The number of anilines is 2. The third-order valence-electron chi connectivity index (χ3n) is 7.14. The van der Waals surface area contributed by atoms with Gasteiger partial charge in [-0.3, -0.25) is 14.8 Å². The Hall–Kier alpha value is -4.65. The molecule has 0 unspecified atom stereocenters. The zero-order valence-corrected chi connectivity index (χ0v) is 21.5. The van der Waals surface area contributed by atoms with Crippen molar-refractivity contribution in [1.29, 1.82) is 0 Å². The van der Waals surface area contributed by atoms with Crippen molar-refractivity contribution in [2.45, 2.75) is 12.8 Å². The lowest BCUT2D eigenvalue weighted by molar-refractivity contribution is -0.117. The van der Waals surface area contributed by atoms with Crippen LogP contribution in [0.5, 0.6) is 0 Å². The van der Waals surface area contributed by atoms with Gasteiger partial charge in [0.1, 0.15) is 17.4 Å². The molecule has 1 fully saturated rings. The maximum atomic E-state index is 13.4. The van der Waals surface area contributed by atoms with Gasteiger partial charge in [0.2, 0.25) is 0 Å². The van der Waals surface area contributed by atoms with Crippen LogP contribution in [-0.4, -0.2) is 46.9 Å². The van der Waals surface area contributed by atoms with Crippen LogP contribution in [0.1, 0.15) is 11.1 Å². The Morgan fingerprint density at radius 3 is 2.23 bits per heavy atom. The molecule has 7 heteroatoms. The van der Waals surface area contributed by atoms with Crippen LogP contribution in [0, 0.1) is 5.82 Å². The summed E-state index contributed by atoms with van der Waals surface area (Å²) in [6.45, 7) is 3.59. The predicted molar refractivity (Wildman–Crippen MR) is 152 cm³/mol. The van der Waals surface area contributed by atoms with Crippen LogP contribution in [0.15, 0.2) is 97.5 Å². The van der Waals surface area contributed by atoms with E-state index in [-0.39, 0.29) is 18.0 Å². The number of ketones is 1. The van der Waals surface area contributed by atoms with Crippen LogP contribution in [0.4, 0.5) is 15.9 Å². The molecule has 6 rings (SSSR count). The smallest absolute Gasteiger partial charge is 0.147 e. The quantitative estimate of drug-likeness (QED) is 0.284. The van der Waals surface area contributed by atoms with Crippen molar-refractivity contribution in [3.8, 4) is 11.1 Å². The number of aromatic nitrogens is 3. The molecular formula is C32H28FN5O. The highest BCUT2D eigenvalue weighted by Gasteiger charge is 2.19. The van der Waals surface area contributed by atoms with Crippen LogP contribution in [-0.2, 0) is 17.6 Å². The van der Waals surface area contributed by atoms with Gasteiger partial charge in [-0.1, -0.05) is 42.5 Å². The lowest BCUT2D eigenvalue weighted by atomic mass is 9.99. The highest BCUT2D eigenvalue weighted by Crippen LogP contribution is 2.26. The fourth-order valence-corrected chi connectivity index (χ4v) is 5.06. The van der Waals surface area contributed by atoms with Gasteiger partial charge in [0.05, 0.1) is 17.2 Å². The van der Waals surface area contributed by atoms with Gasteiger partial charge in [-0.2, -0.15) is 0 Å². The minimum atomic E-state index is -0.319. The normalized spacial score (nSPS) is 13.6. The second-order valence-corrected chi connectivity index (χ2v) is 9.83. The van der Waals surface area contributed by atoms with Crippen molar-refractivity contribution in [1.82, 2.24) is 15.0 Å². The van der Waals surface area contributed by atoms with Gasteiger partial charge < -0.3 is 9.80 Å². The van der Waals surface area contributed by atoms with Crippen molar-refractivity contribution in [2.75, 3.05) is 36.0 Å². The first-order chi connectivity index (χ1) is 19.1. The van der Waals surface area contributed by atoms with E-state index < -0.39 is 0 Å². The molecule has 39 heavy (non-hydrogen) atoms. The van der Waals surface area contributed by atoms with Crippen molar-refractivity contribution >= 4 is 28.3 Å².